The molecule has 0 saturated carbocycles. The summed E-state index contributed by atoms with van der Waals surface area (Å²) < 4.78 is 28.7. The summed E-state index contributed by atoms with van der Waals surface area (Å²) in [7, 11) is 0. The van der Waals surface area contributed by atoms with Crippen LogP contribution in [0.5, 0.6) is 5.75 Å². The lowest BCUT2D eigenvalue weighted by Crippen LogP contribution is -2.31. The van der Waals surface area contributed by atoms with Crippen LogP contribution in [-0.4, -0.2) is 30.5 Å². The van der Waals surface area contributed by atoms with E-state index in [1.807, 2.05) is 4.90 Å². The van der Waals surface area contributed by atoms with Gasteiger partial charge in [-0.3, -0.25) is 14.9 Å². The summed E-state index contributed by atoms with van der Waals surface area (Å²) in [4.78, 5) is 25.4. The molecule has 0 unspecified atom stereocenters. The summed E-state index contributed by atoms with van der Waals surface area (Å²) in [5.41, 5.74) is 1.03. The third kappa shape index (κ3) is 4.73. The smallest absolute Gasteiger partial charge is 0.387 e. The van der Waals surface area contributed by atoms with Crippen LogP contribution in [0.2, 0.25) is 0 Å². The van der Waals surface area contributed by atoms with E-state index in [1.165, 1.54) is 36.4 Å². The van der Waals surface area contributed by atoms with Gasteiger partial charge in [-0.2, -0.15) is 8.78 Å². The monoisotopic (exact) mass is 391 g/mol. The number of ether oxygens (including phenoxy) is 1. The van der Waals surface area contributed by atoms with Gasteiger partial charge in [-0.15, -0.1) is 0 Å². The first-order chi connectivity index (χ1) is 13.4. The normalized spacial score (nSPS) is 14.0. The Morgan fingerprint density at radius 2 is 1.79 bits per heavy atom. The number of halogens is 2. The lowest BCUT2D eigenvalue weighted by atomic mass is 10.1. The molecule has 1 N–H and O–H groups in total. The van der Waals surface area contributed by atoms with Gasteiger partial charge in [0.1, 0.15) is 5.75 Å². The van der Waals surface area contributed by atoms with E-state index < -0.39 is 17.4 Å². The second kappa shape index (κ2) is 8.64. The van der Waals surface area contributed by atoms with Gasteiger partial charge >= 0.3 is 6.61 Å². The first-order valence-electron chi connectivity index (χ1n) is 8.83. The number of nitrogens with zero attached hydrogens (tertiary/aromatic N) is 2. The van der Waals surface area contributed by atoms with Crippen LogP contribution in [0.1, 0.15) is 29.6 Å². The summed E-state index contributed by atoms with van der Waals surface area (Å²) in [6, 6.07) is 9.70. The average molecular weight is 391 g/mol. The number of piperidine rings is 1. The molecule has 0 spiro atoms. The molecule has 1 heterocycles. The molecule has 0 radical (unpaired) electrons. The molecule has 3 rings (SSSR count). The van der Waals surface area contributed by atoms with Crippen molar-refractivity contribution in [2.45, 2.75) is 25.9 Å². The molecule has 9 heteroatoms. The number of carbonyl (C=O) groups is 1. The lowest BCUT2D eigenvalue weighted by Gasteiger charge is -2.30. The number of alkyl halides is 2. The molecule has 28 heavy (non-hydrogen) atoms. The van der Waals surface area contributed by atoms with Crippen molar-refractivity contribution in [2.75, 3.05) is 23.3 Å². The number of carbonyl (C=O) groups excluding carboxylic acids is 1. The molecule has 1 fully saturated rings. The van der Waals surface area contributed by atoms with E-state index in [2.05, 4.69) is 10.1 Å². The van der Waals surface area contributed by atoms with E-state index in [-0.39, 0.29) is 17.0 Å². The minimum absolute atomic E-state index is 0.0302. The van der Waals surface area contributed by atoms with Crippen molar-refractivity contribution in [3.05, 3.63) is 58.1 Å². The fraction of sp³-hybridized carbons (Fsp3) is 0.316. The fourth-order valence-electron chi connectivity index (χ4n) is 3.15. The number of amides is 1. The predicted molar refractivity (Wildman–Crippen MR) is 100 cm³/mol. The Hall–Kier alpha value is -3.23. The van der Waals surface area contributed by atoms with Crippen LogP contribution in [0.4, 0.5) is 25.8 Å². The predicted octanol–water partition coefficient (Wildman–Crippen LogP) is 4.44. The number of non-ortho nitro benzene ring substituents is 1. The first kappa shape index (κ1) is 19.5. The zero-order valence-corrected chi connectivity index (χ0v) is 14.9. The van der Waals surface area contributed by atoms with E-state index in [0.717, 1.165) is 32.4 Å². The SMILES string of the molecule is O=C(Nc1ccc(OC(F)F)cc1)c1cc([N+](=O)[O-])ccc1N1CCCCC1. The van der Waals surface area contributed by atoms with Crippen molar-refractivity contribution in [1.82, 2.24) is 0 Å². The molecule has 7 nitrogen and oxygen atoms in total. The molecular weight excluding hydrogens is 372 g/mol. The van der Waals surface area contributed by atoms with Gasteiger partial charge in [-0.05, 0) is 49.6 Å². The first-order valence-corrected chi connectivity index (χ1v) is 8.83. The maximum absolute atomic E-state index is 12.8. The van der Waals surface area contributed by atoms with Gasteiger partial charge in [0.05, 0.1) is 16.2 Å². The topological polar surface area (TPSA) is 84.7 Å². The Bertz CT molecular complexity index is 853. The number of anilines is 2. The number of rotatable bonds is 6. The summed E-state index contributed by atoms with van der Waals surface area (Å²) in [5.74, 6) is -0.538. The van der Waals surface area contributed by atoms with Crippen LogP contribution < -0.4 is 15.0 Å². The number of nitro groups is 1. The van der Waals surface area contributed by atoms with Crippen LogP contribution in [0.25, 0.3) is 0 Å². The van der Waals surface area contributed by atoms with Crippen molar-refractivity contribution in [3.63, 3.8) is 0 Å². The van der Waals surface area contributed by atoms with Gasteiger partial charge < -0.3 is 15.0 Å². The second-order valence-corrected chi connectivity index (χ2v) is 6.36. The highest BCUT2D eigenvalue weighted by Crippen LogP contribution is 2.29. The molecular formula is C19H19F2N3O4. The van der Waals surface area contributed by atoms with Crippen molar-refractivity contribution < 1.29 is 23.2 Å². The van der Waals surface area contributed by atoms with Gasteiger partial charge in [0.2, 0.25) is 0 Å². The van der Waals surface area contributed by atoms with Crippen molar-refractivity contribution in [3.8, 4) is 5.75 Å². The minimum Gasteiger partial charge on any atom is -0.435 e. The highest BCUT2D eigenvalue weighted by molar-refractivity contribution is 6.08. The number of hydrogen-bond donors (Lipinski definition) is 1. The molecule has 0 aromatic heterocycles. The Morgan fingerprint density at radius 3 is 2.39 bits per heavy atom. The largest absolute Gasteiger partial charge is 0.435 e. The van der Waals surface area contributed by atoms with Gasteiger partial charge in [0, 0.05) is 30.9 Å². The van der Waals surface area contributed by atoms with Gasteiger partial charge in [-0.25, -0.2) is 0 Å². The molecule has 2 aromatic carbocycles. The Balaban J connectivity index is 1.84. The molecule has 0 aliphatic carbocycles. The van der Waals surface area contributed by atoms with Crippen LogP contribution in [-0.2, 0) is 0 Å². The van der Waals surface area contributed by atoms with Crippen LogP contribution in [0, 0.1) is 10.1 Å². The van der Waals surface area contributed by atoms with E-state index in [9.17, 15) is 23.7 Å². The third-order valence-electron chi connectivity index (χ3n) is 4.47. The number of hydrogen-bond acceptors (Lipinski definition) is 5. The molecule has 1 amide bonds. The van der Waals surface area contributed by atoms with Crippen LogP contribution in [0.15, 0.2) is 42.5 Å². The fourth-order valence-corrected chi connectivity index (χ4v) is 3.15. The van der Waals surface area contributed by atoms with Gasteiger partial charge in [0.25, 0.3) is 11.6 Å². The lowest BCUT2D eigenvalue weighted by molar-refractivity contribution is -0.384. The van der Waals surface area contributed by atoms with E-state index >= 15 is 0 Å². The van der Waals surface area contributed by atoms with Crippen LogP contribution in [0.3, 0.4) is 0 Å². The number of nitrogens with one attached hydrogen (secondary N) is 1. The quantitative estimate of drug-likeness (QED) is 0.581. The molecule has 0 atom stereocenters. The molecule has 1 saturated heterocycles. The standard InChI is InChI=1S/C19H19F2N3O4/c20-19(21)28-15-7-4-13(5-8-15)22-18(25)16-12-14(24(26)27)6-9-17(16)23-10-2-1-3-11-23/h4-9,12,19H,1-3,10-11H2,(H,22,25). The van der Waals surface area contributed by atoms with Crippen molar-refractivity contribution in [2.24, 2.45) is 0 Å². The Labute approximate surface area is 160 Å². The van der Waals surface area contributed by atoms with Crippen molar-refractivity contribution >= 4 is 23.0 Å². The second-order valence-electron chi connectivity index (χ2n) is 6.36. The number of nitro benzene ring substituents is 1. The van der Waals surface area contributed by atoms with Gasteiger partial charge in [-0.1, -0.05) is 0 Å². The maximum atomic E-state index is 12.8. The van der Waals surface area contributed by atoms with E-state index in [1.54, 1.807) is 6.07 Å². The molecule has 0 bridgehead atoms. The molecule has 1 aliphatic heterocycles. The molecule has 2 aromatic rings. The highest BCUT2D eigenvalue weighted by atomic mass is 19.3. The maximum Gasteiger partial charge on any atom is 0.387 e. The highest BCUT2D eigenvalue weighted by Gasteiger charge is 2.22. The summed E-state index contributed by atoms with van der Waals surface area (Å²) in [6.07, 6.45) is 3.09. The third-order valence-corrected chi connectivity index (χ3v) is 4.47. The summed E-state index contributed by atoms with van der Waals surface area (Å²) in [6.45, 7) is -1.38. The minimum atomic E-state index is -2.93. The Morgan fingerprint density at radius 1 is 1.11 bits per heavy atom. The summed E-state index contributed by atoms with van der Waals surface area (Å²) in [5, 5.41) is 13.8. The van der Waals surface area contributed by atoms with Crippen LogP contribution >= 0.6 is 0 Å². The van der Waals surface area contributed by atoms with E-state index in [4.69, 9.17) is 0 Å². The Kier molecular flexibility index (Phi) is 6.03. The zero-order valence-electron chi connectivity index (χ0n) is 14.9. The average Bonchev–Trinajstić information content (AvgIpc) is 2.69. The van der Waals surface area contributed by atoms with Crippen molar-refractivity contribution in [1.29, 1.82) is 0 Å². The van der Waals surface area contributed by atoms with Gasteiger partial charge in [0.15, 0.2) is 0 Å². The zero-order chi connectivity index (χ0) is 20.1. The molecule has 1 aliphatic rings. The summed E-state index contributed by atoms with van der Waals surface area (Å²) >= 11 is 0. The molecule has 148 valence electrons. The van der Waals surface area contributed by atoms with E-state index in [0.29, 0.717) is 11.4 Å². The number of benzene rings is 2.